The van der Waals surface area contributed by atoms with Gasteiger partial charge >= 0.3 is 5.69 Å². The number of unbranched alkanes of at least 4 members (excludes halogenated alkanes) is 1. The van der Waals surface area contributed by atoms with Crippen molar-refractivity contribution in [3.05, 3.63) is 55.7 Å². The van der Waals surface area contributed by atoms with E-state index in [-0.39, 0.29) is 11.5 Å². The van der Waals surface area contributed by atoms with Crippen LogP contribution in [0.5, 0.6) is 0 Å². The highest BCUT2D eigenvalue weighted by molar-refractivity contribution is 6.31. The third kappa shape index (κ3) is 3.76. The zero-order chi connectivity index (χ0) is 17.0. The van der Waals surface area contributed by atoms with Crippen molar-refractivity contribution in [3.63, 3.8) is 0 Å². The summed E-state index contributed by atoms with van der Waals surface area (Å²) in [6, 6.07) is 7.40. The summed E-state index contributed by atoms with van der Waals surface area (Å²) < 4.78 is 1.41. The molecule has 2 rings (SSSR count). The van der Waals surface area contributed by atoms with Crippen LogP contribution >= 0.6 is 11.6 Å². The van der Waals surface area contributed by atoms with Gasteiger partial charge in [-0.25, -0.2) is 4.79 Å². The van der Waals surface area contributed by atoms with Crippen molar-refractivity contribution in [2.24, 2.45) is 0 Å². The van der Waals surface area contributed by atoms with E-state index < -0.39 is 11.2 Å². The van der Waals surface area contributed by atoms with Crippen molar-refractivity contribution in [1.82, 2.24) is 9.55 Å². The van der Waals surface area contributed by atoms with Crippen molar-refractivity contribution in [3.8, 4) is 0 Å². The van der Waals surface area contributed by atoms with Gasteiger partial charge in [0.2, 0.25) is 0 Å². The SMILES string of the molecule is CCCCn1c(N)c(N(C)Cc2ccccc2Cl)c(=O)[nH]c1=O. The number of nitrogens with zero attached hydrogens (tertiary/aromatic N) is 2. The Morgan fingerprint density at radius 3 is 2.65 bits per heavy atom. The van der Waals surface area contributed by atoms with E-state index in [1.54, 1.807) is 18.0 Å². The molecule has 1 aromatic heterocycles. The number of hydrogen-bond acceptors (Lipinski definition) is 4. The van der Waals surface area contributed by atoms with Gasteiger partial charge in [-0.1, -0.05) is 43.1 Å². The van der Waals surface area contributed by atoms with E-state index >= 15 is 0 Å². The second-order valence-corrected chi connectivity index (χ2v) is 5.85. The van der Waals surface area contributed by atoms with Crippen molar-refractivity contribution in [1.29, 1.82) is 0 Å². The van der Waals surface area contributed by atoms with E-state index in [2.05, 4.69) is 4.98 Å². The minimum atomic E-state index is -0.491. The highest BCUT2D eigenvalue weighted by Gasteiger charge is 2.16. The zero-order valence-electron chi connectivity index (χ0n) is 13.3. The van der Waals surface area contributed by atoms with E-state index in [0.29, 0.717) is 18.1 Å². The molecule has 124 valence electrons. The first-order valence-corrected chi connectivity index (χ1v) is 7.90. The van der Waals surface area contributed by atoms with Gasteiger partial charge in [0.1, 0.15) is 11.5 Å². The Labute approximate surface area is 139 Å². The number of anilines is 2. The van der Waals surface area contributed by atoms with Crippen molar-refractivity contribution < 1.29 is 0 Å². The topological polar surface area (TPSA) is 84.1 Å². The number of rotatable bonds is 6. The molecule has 0 spiro atoms. The van der Waals surface area contributed by atoms with Crippen LogP contribution in [0.2, 0.25) is 5.02 Å². The first-order valence-electron chi connectivity index (χ1n) is 7.52. The van der Waals surface area contributed by atoms with Crippen LogP contribution in [0.1, 0.15) is 25.3 Å². The van der Waals surface area contributed by atoms with Crippen molar-refractivity contribution in [2.75, 3.05) is 17.7 Å². The Kier molecular flexibility index (Phi) is 5.50. The summed E-state index contributed by atoms with van der Waals surface area (Å²) in [5.74, 6) is 0.182. The summed E-state index contributed by atoms with van der Waals surface area (Å²) in [5, 5.41) is 0.619. The van der Waals surface area contributed by atoms with Gasteiger partial charge in [-0.3, -0.25) is 14.3 Å². The molecule has 0 atom stereocenters. The smallest absolute Gasteiger partial charge is 0.330 e. The molecule has 0 saturated heterocycles. The standard InChI is InChI=1S/C16H21ClN4O2/c1-3-4-9-21-14(18)13(15(22)19-16(21)23)20(2)10-11-7-5-6-8-12(11)17/h5-8H,3-4,9-10,18H2,1-2H3,(H,19,22,23). The maximum absolute atomic E-state index is 12.2. The molecule has 0 saturated carbocycles. The van der Waals surface area contributed by atoms with Gasteiger partial charge in [-0.2, -0.15) is 0 Å². The molecule has 0 bridgehead atoms. The second-order valence-electron chi connectivity index (χ2n) is 5.45. The average Bonchev–Trinajstić information content (AvgIpc) is 2.49. The summed E-state index contributed by atoms with van der Waals surface area (Å²) in [4.78, 5) is 28.2. The van der Waals surface area contributed by atoms with Gasteiger partial charge in [0.05, 0.1) is 0 Å². The van der Waals surface area contributed by atoms with Gasteiger partial charge in [0.25, 0.3) is 5.56 Å². The summed E-state index contributed by atoms with van der Waals surface area (Å²) in [6.07, 6.45) is 1.74. The minimum absolute atomic E-state index is 0.182. The van der Waals surface area contributed by atoms with E-state index in [0.717, 1.165) is 18.4 Å². The van der Waals surface area contributed by atoms with E-state index in [1.165, 1.54) is 4.57 Å². The highest BCUT2D eigenvalue weighted by Crippen LogP contribution is 2.21. The molecule has 0 unspecified atom stereocenters. The Bertz CT molecular complexity index is 797. The van der Waals surface area contributed by atoms with Crippen LogP contribution in [0.15, 0.2) is 33.9 Å². The Morgan fingerprint density at radius 2 is 2.00 bits per heavy atom. The Morgan fingerprint density at radius 1 is 1.30 bits per heavy atom. The lowest BCUT2D eigenvalue weighted by Crippen LogP contribution is -2.37. The van der Waals surface area contributed by atoms with Crippen LogP contribution in [-0.2, 0) is 13.1 Å². The van der Waals surface area contributed by atoms with E-state index in [1.807, 2.05) is 25.1 Å². The summed E-state index contributed by atoms with van der Waals surface area (Å²) in [5.41, 5.74) is 6.27. The molecule has 0 aliphatic heterocycles. The number of aromatic amines is 1. The quantitative estimate of drug-likeness (QED) is 0.847. The van der Waals surface area contributed by atoms with Crippen molar-refractivity contribution in [2.45, 2.75) is 32.9 Å². The van der Waals surface area contributed by atoms with Crippen LogP contribution in [0.25, 0.3) is 0 Å². The molecule has 6 nitrogen and oxygen atoms in total. The highest BCUT2D eigenvalue weighted by atomic mass is 35.5. The van der Waals surface area contributed by atoms with Crippen LogP contribution in [0.3, 0.4) is 0 Å². The minimum Gasteiger partial charge on any atom is -0.383 e. The number of nitrogens with one attached hydrogen (secondary N) is 1. The first-order chi connectivity index (χ1) is 11.0. The van der Waals surface area contributed by atoms with Crippen LogP contribution < -0.4 is 21.9 Å². The summed E-state index contributed by atoms with van der Waals surface area (Å²) in [7, 11) is 1.75. The lowest BCUT2D eigenvalue weighted by Gasteiger charge is -2.22. The number of hydrogen-bond donors (Lipinski definition) is 2. The molecule has 1 aromatic carbocycles. The van der Waals surface area contributed by atoms with Gasteiger partial charge in [-0.15, -0.1) is 0 Å². The molecule has 0 aliphatic rings. The van der Waals surface area contributed by atoms with Gasteiger partial charge in [0.15, 0.2) is 0 Å². The fourth-order valence-corrected chi connectivity index (χ4v) is 2.64. The Hall–Kier alpha value is -2.21. The molecular formula is C16H21ClN4O2. The third-order valence-electron chi connectivity index (χ3n) is 3.70. The number of nitrogen functional groups attached to an aromatic ring is 1. The predicted molar refractivity (Wildman–Crippen MR) is 94.2 cm³/mol. The molecule has 3 N–H and O–H groups in total. The number of nitrogens with two attached hydrogens (primary N) is 1. The fraction of sp³-hybridized carbons (Fsp3) is 0.375. The molecule has 0 aliphatic carbocycles. The molecule has 0 amide bonds. The summed E-state index contributed by atoms with van der Waals surface area (Å²) in [6.45, 7) is 2.92. The van der Waals surface area contributed by atoms with E-state index in [4.69, 9.17) is 17.3 Å². The molecule has 7 heteroatoms. The van der Waals surface area contributed by atoms with Crippen LogP contribution in [0.4, 0.5) is 11.5 Å². The molecule has 0 radical (unpaired) electrons. The first kappa shape index (κ1) is 17.1. The second kappa shape index (κ2) is 7.37. The van der Waals surface area contributed by atoms with Crippen LogP contribution in [-0.4, -0.2) is 16.6 Å². The number of aromatic nitrogens is 2. The predicted octanol–water partition coefficient (Wildman–Crippen LogP) is 2.21. The molecule has 0 fully saturated rings. The fourth-order valence-electron chi connectivity index (χ4n) is 2.45. The Balaban J connectivity index is 2.40. The largest absolute Gasteiger partial charge is 0.383 e. The van der Waals surface area contributed by atoms with E-state index in [9.17, 15) is 9.59 Å². The number of benzene rings is 1. The zero-order valence-corrected chi connectivity index (χ0v) is 14.1. The summed E-state index contributed by atoms with van der Waals surface area (Å²) >= 11 is 6.16. The van der Waals surface area contributed by atoms with Crippen LogP contribution in [0, 0.1) is 0 Å². The number of H-pyrrole nitrogens is 1. The molecule has 23 heavy (non-hydrogen) atoms. The number of halogens is 1. The lowest BCUT2D eigenvalue weighted by atomic mass is 10.2. The normalized spacial score (nSPS) is 10.7. The van der Waals surface area contributed by atoms with Crippen molar-refractivity contribution >= 4 is 23.1 Å². The van der Waals surface area contributed by atoms with Gasteiger partial charge in [0, 0.05) is 25.2 Å². The molecule has 2 aromatic rings. The monoisotopic (exact) mass is 336 g/mol. The van der Waals surface area contributed by atoms with Gasteiger partial charge < -0.3 is 10.6 Å². The average molecular weight is 337 g/mol. The molecular weight excluding hydrogens is 316 g/mol. The van der Waals surface area contributed by atoms with Gasteiger partial charge in [-0.05, 0) is 18.1 Å². The maximum Gasteiger partial charge on any atom is 0.330 e. The molecule has 1 heterocycles. The maximum atomic E-state index is 12.2. The third-order valence-corrected chi connectivity index (χ3v) is 4.07. The lowest BCUT2D eigenvalue weighted by molar-refractivity contribution is 0.603.